The van der Waals surface area contributed by atoms with Crippen molar-refractivity contribution in [3.05, 3.63) is 33.3 Å². The van der Waals surface area contributed by atoms with E-state index in [0.717, 1.165) is 10.2 Å². The van der Waals surface area contributed by atoms with Gasteiger partial charge in [0.1, 0.15) is 6.20 Å². The molecule has 4 nitrogen and oxygen atoms in total. The fraction of sp³-hybridized carbons (Fsp3) is 0. The zero-order valence-corrected chi connectivity index (χ0v) is 6.22. The van der Waals surface area contributed by atoms with Crippen LogP contribution < -0.4 is 10.4 Å². The van der Waals surface area contributed by atoms with Crippen molar-refractivity contribution in [2.24, 2.45) is 0 Å². The summed E-state index contributed by atoms with van der Waals surface area (Å²) in [6, 6.07) is 1.78. The standard InChI is InChI=1S/C6H4N2O2S/c9-6-7-5-4(1-2-11-5)3-8(6)10/h1-3H,(H,7,9). The molecule has 2 aromatic rings. The third kappa shape index (κ3) is 0.894. The van der Waals surface area contributed by atoms with E-state index in [1.54, 1.807) is 6.07 Å². The molecule has 0 aliphatic rings. The van der Waals surface area contributed by atoms with E-state index in [4.69, 9.17) is 0 Å². The van der Waals surface area contributed by atoms with Gasteiger partial charge in [-0.25, -0.2) is 4.73 Å². The SMILES string of the molecule is O=c1[nH]c2sccc2c[n+]1[O-]. The predicted octanol–water partition coefficient (Wildman–Crippen LogP) is 0.223. The first-order valence-electron chi connectivity index (χ1n) is 2.97. The summed E-state index contributed by atoms with van der Waals surface area (Å²) in [6.45, 7) is 0. The molecule has 0 unspecified atom stereocenters. The van der Waals surface area contributed by atoms with E-state index >= 15 is 0 Å². The Kier molecular flexibility index (Phi) is 1.19. The molecule has 11 heavy (non-hydrogen) atoms. The lowest BCUT2D eigenvalue weighted by atomic mass is 10.4. The number of aromatic amines is 1. The van der Waals surface area contributed by atoms with E-state index in [1.807, 2.05) is 5.38 Å². The van der Waals surface area contributed by atoms with Crippen LogP contribution >= 0.6 is 11.3 Å². The highest BCUT2D eigenvalue weighted by Gasteiger charge is 2.02. The largest absolute Gasteiger partial charge is 0.708 e. The molecule has 1 N–H and O–H groups in total. The molecule has 0 fully saturated rings. The zero-order valence-electron chi connectivity index (χ0n) is 5.40. The van der Waals surface area contributed by atoms with Gasteiger partial charge in [-0.05, 0) is 11.4 Å². The summed E-state index contributed by atoms with van der Waals surface area (Å²) >= 11 is 1.40. The maximum absolute atomic E-state index is 10.7. The van der Waals surface area contributed by atoms with Crippen molar-refractivity contribution < 1.29 is 4.73 Å². The van der Waals surface area contributed by atoms with Gasteiger partial charge in [0.2, 0.25) is 0 Å². The van der Waals surface area contributed by atoms with Gasteiger partial charge in [-0.2, -0.15) is 9.78 Å². The summed E-state index contributed by atoms with van der Waals surface area (Å²) in [4.78, 5) is 13.9. The Morgan fingerprint density at radius 2 is 2.45 bits per heavy atom. The molecule has 5 heteroatoms. The molecular formula is C6H4N2O2S. The molecule has 0 atom stereocenters. The monoisotopic (exact) mass is 168 g/mol. The molecule has 0 amide bonds. The molecule has 0 aliphatic carbocycles. The first kappa shape index (κ1) is 6.36. The molecule has 0 radical (unpaired) electrons. The number of H-pyrrole nitrogens is 1. The third-order valence-corrected chi connectivity index (χ3v) is 2.22. The van der Waals surface area contributed by atoms with Crippen LogP contribution in [0.15, 0.2) is 22.4 Å². The van der Waals surface area contributed by atoms with E-state index in [-0.39, 0.29) is 4.73 Å². The van der Waals surface area contributed by atoms with E-state index in [0.29, 0.717) is 0 Å². The number of thiophene rings is 1. The lowest BCUT2D eigenvalue weighted by molar-refractivity contribution is -0.622. The van der Waals surface area contributed by atoms with Gasteiger partial charge >= 0.3 is 5.69 Å². The predicted molar refractivity (Wildman–Crippen MR) is 41.4 cm³/mol. The fourth-order valence-corrected chi connectivity index (χ4v) is 1.61. The van der Waals surface area contributed by atoms with Gasteiger partial charge in [-0.15, -0.1) is 11.3 Å². The Balaban J connectivity index is 2.97. The quantitative estimate of drug-likeness (QED) is 0.452. The third-order valence-electron chi connectivity index (χ3n) is 1.37. The minimum Gasteiger partial charge on any atom is -0.708 e. The molecule has 0 aromatic carbocycles. The lowest BCUT2D eigenvalue weighted by Crippen LogP contribution is -2.45. The second-order valence-corrected chi connectivity index (χ2v) is 3.01. The van der Waals surface area contributed by atoms with Crippen LogP contribution in [-0.4, -0.2) is 4.98 Å². The van der Waals surface area contributed by atoms with Crippen LogP contribution in [0, 0.1) is 5.21 Å². The lowest BCUT2D eigenvalue weighted by Gasteiger charge is -1.95. The van der Waals surface area contributed by atoms with Crippen LogP contribution in [0.4, 0.5) is 0 Å². The van der Waals surface area contributed by atoms with E-state index in [9.17, 15) is 10.0 Å². The number of hydrogen-bond donors (Lipinski definition) is 1. The fourth-order valence-electron chi connectivity index (χ4n) is 0.860. The molecule has 0 saturated heterocycles. The topological polar surface area (TPSA) is 59.8 Å². The average Bonchev–Trinajstić information content (AvgIpc) is 2.36. The van der Waals surface area contributed by atoms with Gasteiger partial charge in [-0.1, -0.05) is 0 Å². The van der Waals surface area contributed by atoms with Crippen LogP contribution in [0.25, 0.3) is 10.2 Å². The van der Waals surface area contributed by atoms with Crippen molar-refractivity contribution in [2.45, 2.75) is 0 Å². The van der Waals surface area contributed by atoms with Gasteiger partial charge < -0.3 is 5.21 Å². The van der Waals surface area contributed by atoms with Crippen LogP contribution in [0.1, 0.15) is 0 Å². The zero-order chi connectivity index (χ0) is 7.84. The highest BCUT2D eigenvalue weighted by atomic mass is 32.1. The number of aromatic nitrogens is 2. The normalized spacial score (nSPS) is 10.5. The van der Waals surface area contributed by atoms with Crippen molar-refractivity contribution in [2.75, 3.05) is 0 Å². The van der Waals surface area contributed by atoms with E-state index < -0.39 is 5.69 Å². The van der Waals surface area contributed by atoms with Gasteiger partial charge in [0.25, 0.3) is 0 Å². The van der Waals surface area contributed by atoms with Crippen LogP contribution in [0.2, 0.25) is 0 Å². The van der Waals surface area contributed by atoms with Crippen LogP contribution in [-0.2, 0) is 0 Å². The number of rotatable bonds is 0. The molecular weight excluding hydrogens is 164 g/mol. The minimum absolute atomic E-state index is 0.287. The number of hydrogen-bond acceptors (Lipinski definition) is 3. The van der Waals surface area contributed by atoms with Crippen molar-refractivity contribution in [3.8, 4) is 0 Å². The van der Waals surface area contributed by atoms with E-state index in [1.165, 1.54) is 17.5 Å². The Hall–Kier alpha value is -1.36. The summed E-state index contributed by atoms with van der Waals surface area (Å²) in [5.74, 6) is 0. The Morgan fingerprint density at radius 3 is 3.27 bits per heavy atom. The van der Waals surface area contributed by atoms with Crippen molar-refractivity contribution in [1.29, 1.82) is 0 Å². The highest BCUT2D eigenvalue weighted by molar-refractivity contribution is 7.16. The Labute approximate surface area is 65.3 Å². The number of nitrogens with one attached hydrogen (secondary N) is 1. The summed E-state index contributed by atoms with van der Waals surface area (Å²) in [7, 11) is 0. The molecule has 0 saturated carbocycles. The second kappa shape index (κ2) is 2.06. The summed E-state index contributed by atoms with van der Waals surface area (Å²) < 4.78 is 0.287. The van der Waals surface area contributed by atoms with Crippen molar-refractivity contribution in [1.82, 2.24) is 4.98 Å². The smallest absolute Gasteiger partial charge is 0.499 e. The second-order valence-electron chi connectivity index (χ2n) is 2.09. The molecule has 2 rings (SSSR count). The first-order chi connectivity index (χ1) is 5.27. The van der Waals surface area contributed by atoms with Gasteiger partial charge in [0.05, 0.1) is 5.39 Å². The van der Waals surface area contributed by atoms with Gasteiger partial charge in [0, 0.05) is 0 Å². The summed E-state index contributed by atoms with van der Waals surface area (Å²) in [5.41, 5.74) is -0.625. The maximum Gasteiger partial charge on any atom is 0.499 e. The van der Waals surface area contributed by atoms with E-state index in [2.05, 4.69) is 4.98 Å². The van der Waals surface area contributed by atoms with Gasteiger partial charge in [-0.3, -0.25) is 0 Å². The Bertz CT molecular complexity index is 445. The number of fused-ring (bicyclic) bond motifs is 1. The molecule has 0 bridgehead atoms. The van der Waals surface area contributed by atoms with Crippen LogP contribution in [0.3, 0.4) is 0 Å². The van der Waals surface area contributed by atoms with Crippen molar-refractivity contribution in [3.63, 3.8) is 0 Å². The molecule has 0 spiro atoms. The maximum atomic E-state index is 10.7. The molecule has 56 valence electrons. The Morgan fingerprint density at radius 1 is 1.64 bits per heavy atom. The first-order valence-corrected chi connectivity index (χ1v) is 3.85. The summed E-state index contributed by atoms with van der Waals surface area (Å²) in [6.07, 6.45) is 1.27. The van der Waals surface area contributed by atoms with Crippen molar-refractivity contribution >= 4 is 21.6 Å². The molecule has 2 aromatic heterocycles. The molecule has 0 aliphatic heterocycles. The van der Waals surface area contributed by atoms with Crippen LogP contribution in [0.5, 0.6) is 0 Å². The average molecular weight is 168 g/mol. The minimum atomic E-state index is -0.625. The summed E-state index contributed by atoms with van der Waals surface area (Å²) in [5, 5.41) is 13.3. The van der Waals surface area contributed by atoms with Gasteiger partial charge in [0.15, 0.2) is 4.83 Å². The highest BCUT2D eigenvalue weighted by Crippen LogP contribution is 2.13. The number of nitrogens with zero attached hydrogens (tertiary/aromatic N) is 1. The molecule has 2 heterocycles.